The topological polar surface area (TPSA) is 106 Å². The number of hydrogen-bond donors (Lipinski definition) is 2. The third-order valence-electron chi connectivity index (χ3n) is 4.76. The molecule has 9 heteroatoms. The summed E-state index contributed by atoms with van der Waals surface area (Å²) >= 11 is 5.85. The molecule has 1 aromatic carbocycles. The van der Waals surface area contributed by atoms with Crippen LogP contribution in [-0.4, -0.2) is 32.2 Å². The number of anilines is 1. The Morgan fingerprint density at radius 3 is 2.61 bits per heavy atom. The maximum atomic E-state index is 13.0. The second kappa shape index (κ2) is 8.93. The summed E-state index contributed by atoms with van der Waals surface area (Å²) in [6.07, 6.45) is 0. The molecule has 3 aromatic rings. The number of ether oxygens (including phenoxy) is 1. The zero-order chi connectivity index (χ0) is 22.9. The molecule has 0 bridgehead atoms. The monoisotopic (exact) mass is 444 g/mol. The smallest absolute Gasteiger partial charge is 0.356 e. The number of aromatic carboxylic acids is 1. The van der Waals surface area contributed by atoms with E-state index < -0.39 is 5.97 Å². The van der Waals surface area contributed by atoms with Crippen LogP contribution in [0.5, 0.6) is 6.01 Å². The Balaban J connectivity index is 2.11. The highest BCUT2D eigenvalue weighted by Gasteiger charge is 2.20. The molecule has 3 rings (SSSR count). The van der Waals surface area contributed by atoms with E-state index in [1.165, 1.54) is 10.6 Å². The fourth-order valence-corrected chi connectivity index (χ4v) is 3.41. The van der Waals surface area contributed by atoms with Gasteiger partial charge in [-0.25, -0.2) is 9.78 Å². The van der Waals surface area contributed by atoms with Gasteiger partial charge in [0.05, 0.1) is 29.2 Å². The van der Waals surface area contributed by atoms with E-state index in [1.54, 1.807) is 19.2 Å². The lowest BCUT2D eigenvalue weighted by atomic mass is 10.0. The number of carboxylic acids is 1. The Morgan fingerprint density at radius 2 is 1.97 bits per heavy atom. The molecule has 2 N–H and O–H groups in total. The molecule has 2 heterocycles. The van der Waals surface area contributed by atoms with Gasteiger partial charge < -0.3 is 15.2 Å². The van der Waals surface area contributed by atoms with Gasteiger partial charge >= 0.3 is 5.97 Å². The summed E-state index contributed by atoms with van der Waals surface area (Å²) < 4.78 is 7.16. The van der Waals surface area contributed by atoms with Crippen LogP contribution in [0.1, 0.15) is 48.4 Å². The summed E-state index contributed by atoms with van der Waals surface area (Å²) in [6, 6.07) is 6.66. The van der Waals surface area contributed by atoms with Crippen molar-refractivity contribution in [3.05, 3.63) is 56.6 Å². The number of fused-ring (bicyclic) bond motifs is 1. The van der Waals surface area contributed by atoms with E-state index in [2.05, 4.69) is 15.3 Å². The van der Waals surface area contributed by atoms with Gasteiger partial charge in [0.15, 0.2) is 5.69 Å². The summed E-state index contributed by atoms with van der Waals surface area (Å²) in [5, 5.41) is 13.2. The highest BCUT2D eigenvalue weighted by Crippen LogP contribution is 2.28. The molecular formula is C22H25ClN4O4. The van der Waals surface area contributed by atoms with Crippen LogP contribution in [0.3, 0.4) is 0 Å². The van der Waals surface area contributed by atoms with Gasteiger partial charge in [-0.15, -0.1) is 0 Å². The lowest BCUT2D eigenvalue weighted by Crippen LogP contribution is -2.23. The number of carbonyl (C=O) groups is 1. The van der Waals surface area contributed by atoms with Crippen LogP contribution < -0.4 is 15.6 Å². The predicted octanol–water partition coefficient (Wildman–Crippen LogP) is 4.20. The number of aryl methyl sites for hydroxylation is 1. The molecule has 31 heavy (non-hydrogen) atoms. The van der Waals surface area contributed by atoms with Gasteiger partial charge in [0.1, 0.15) is 5.15 Å². The molecule has 0 aliphatic heterocycles. The van der Waals surface area contributed by atoms with Crippen molar-refractivity contribution in [2.24, 2.45) is 13.0 Å². The number of carboxylic acid groups (broad SMARTS) is 1. The van der Waals surface area contributed by atoms with Crippen molar-refractivity contribution in [3.63, 3.8) is 0 Å². The number of nitrogens with zero attached hydrogens (tertiary/aromatic N) is 3. The molecule has 2 aromatic heterocycles. The van der Waals surface area contributed by atoms with E-state index in [9.17, 15) is 14.7 Å². The number of nitrogens with one attached hydrogen (secondary N) is 1. The third kappa shape index (κ3) is 4.80. The van der Waals surface area contributed by atoms with E-state index >= 15 is 0 Å². The first-order chi connectivity index (χ1) is 14.6. The Labute approximate surface area is 184 Å². The minimum Gasteiger partial charge on any atom is -0.476 e. The van der Waals surface area contributed by atoms with E-state index in [0.717, 1.165) is 11.1 Å². The van der Waals surface area contributed by atoms with E-state index in [4.69, 9.17) is 16.3 Å². The van der Waals surface area contributed by atoms with Crippen LogP contribution in [0.15, 0.2) is 29.1 Å². The second-order valence-corrected chi connectivity index (χ2v) is 8.30. The van der Waals surface area contributed by atoms with Crippen molar-refractivity contribution >= 4 is 34.2 Å². The highest BCUT2D eigenvalue weighted by molar-refractivity contribution is 6.29. The molecule has 0 aliphatic rings. The Morgan fingerprint density at radius 1 is 1.26 bits per heavy atom. The van der Waals surface area contributed by atoms with Crippen molar-refractivity contribution in [3.8, 4) is 6.01 Å². The molecule has 1 unspecified atom stereocenters. The van der Waals surface area contributed by atoms with Gasteiger partial charge in [-0.1, -0.05) is 31.5 Å². The van der Waals surface area contributed by atoms with E-state index in [1.807, 2.05) is 33.8 Å². The van der Waals surface area contributed by atoms with Crippen LogP contribution in [0, 0.1) is 12.8 Å². The molecule has 0 fully saturated rings. The SMILES string of the molecule is Cc1cc(C(C)Nc2ccc(Cl)nc2C(=O)O)c2nc(OCC(C)C)n(C)c(=O)c2c1. The maximum Gasteiger partial charge on any atom is 0.356 e. The highest BCUT2D eigenvalue weighted by atomic mass is 35.5. The molecule has 0 radical (unpaired) electrons. The molecule has 0 amide bonds. The predicted molar refractivity (Wildman–Crippen MR) is 120 cm³/mol. The number of aromatic nitrogens is 3. The van der Waals surface area contributed by atoms with Gasteiger partial charge in [0.25, 0.3) is 11.6 Å². The second-order valence-electron chi connectivity index (χ2n) is 7.92. The third-order valence-corrected chi connectivity index (χ3v) is 4.97. The molecule has 8 nitrogen and oxygen atoms in total. The van der Waals surface area contributed by atoms with Gasteiger partial charge in [-0.3, -0.25) is 9.36 Å². The van der Waals surface area contributed by atoms with Crippen molar-refractivity contribution in [1.82, 2.24) is 14.5 Å². The largest absolute Gasteiger partial charge is 0.476 e. The van der Waals surface area contributed by atoms with Gasteiger partial charge in [0, 0.05) is 12.6 Å². The van der Waals surface area contributed by atoms with Crippen molar-refractivity contribution in [2.45, 2.75) is 33.7 Å². The Bertz CT molecular complexity index is 1210. The normalized spacial score (nSPS) is 12.2. The molecule has 0 aliphatic carbocycles. The number of pyridine rings is 1. The van der Waals surface area contributed by atoms with Crippen molar-refractivity contribution in [1.29, 1.82) is 0 Å². The number of rotatable bonds is 7. The van der Waals surface area contributed by atoms with Crippen LogP contribution in [-0.2, 0) is 7.05 Å². The van der Waals surface area contributed by atoms with Crippen LogP contribution in [0.4, 0.5) is 5.69 Å². The maximum absolute atomic E-state index is 13.0. The quantitative estimate of drug-likeness (QED) is 0.526. The molecule has 0 spiro atoms. The molecule has 0 saturated carbocycles. The summed E-state index contributed by atoms with van der Waals surface area (Å²) in [5.74, 6) is -0.916. The standard InChI is InChI=1S/C22H25ClN4O4/c1-11(2)10-31-22-26-18-14(8-12(3)9-15(18)20(28)27(22)5)13(4)24-16-6-7-17(23)25-19(16)21(29)30/h6-9,11,13,24H,10H2,1-5H3,(H,29,30). The fraction of sp³-hybridized carbons (Fsp3) is 0.364. The summed E-state index contributed by atoms with van der Waals surface area (Å²) in [6.45, 7) is 8.21. The van der Waals surface area contributed by atoms with Crippen LogP contribution in [0.25, 0.3) is 10.9 Å². The molecule has 1 atom stereocenters. The Hall–Kier alpha value is -3.13. The minimum absolute atomic E-state index is 0.0914. The van der Waals surface area contributed by atoms with E-state index in [0.29, 0.717) is 23.2 Å². The zero-order valence-electron chi connectivity index (χ0n) is 18.1. The van der Waals surface area contributed by atoms with Gasteiger partial charge in [-0.05, 0) is 43.5 Å². The first kappa shape index (κ1) is 22.6. The van der Waals surface area contributed by atoms with Crippen molar-refractivity contribution < 1.29 is 14.6 Å². The Kier molecular flexibility index (Phi) is 6.50. The fourth-order valence-electron chi connectivity index (χ4n) is 3.26. The van der Waals surface area contributed by atoms with Gasteiger partial charge in [0.2, 0.25) is 0 Å². The molecule has 0 saturated heterocycles. The summed E-state index contributed by atoms with van der Waals surface area (Å²) in [4.78, 5) is 33.1. The summed E-state index contributed by atoms with van der Waals surface area (Å²) in [5.41, 5.74) is 2.07. The number of halogens is 1. The minimum atomic E-state index is -1.19. The van der Waals surface area contributed by atoms with Gasteiger partial charge in [-0.2, -0.15) is 4.98 Å². The zero-order valence-corrected chi connectivity index (χ0v) is 18.8. The molecule has 164 valence electrons. The van der Waals surface area contributed by atoms with Crippen LogP contribution >= 0.6 is 11.6 Å². The van der Waals surface area contributed by atoms with E-state index in [-0.39, 0.29) is 34.4 Å². The lowest BCUT2D eigenvalue weighted by Gasteiger charge is -2.20. The molecular weight excluding hydrogens is 420 g/mol. The average Bonchev–Trinajstić information content (AvgIpc) is 2.70. The average molecular weight is 445 g/mol. The lowest BCUT2D eigenvalue weighted by molar-refractivity contribution is 0.0691. The summed E-state index contributed by atoms with van der Waals surface area (Å²) in [7, 11) is 1.63. The van der Waals surface area contributed by atoms with Crippen molar-refractivity contribution in [2.75, 3.05) is 11.9 Å². The number of hydrogen-bond acceptors (Lipinski definition) is 6. The van der Waals surface area contributed by atoms with Crippen LogP contribution in [0.2, 0.25) is 5.15 Å². The first-order valence-corrected chi connectivity index (χ1v) is 10.3. The first-order valence-electron chi connectivity index (χ1n) is 9.89. The number of benzene rings is 1.